The Kier molecular flexibility index (Phi) is 3.49. The number of carbonyl (C=O) groups is 1. The van der Waals surface area contributed by atoms with Crippen molar-refractivity contribution >= 4 is 5.91 Å². The SMILES string of the molecule is O=C(c1ccc2n1CCCC2)N1CCCC1c1ccccc1. The van der Waals surface area contributed by atoms with Crippen LogP contribution in [0.3, 0.4) is 0 Å². The van der Waals surface area contributed by atoms with E-state index in [1.54, 1.807) is 0 Å². The monoisotopic (exact) mass is 294 g/mol. The summed E-state index contributed by atoms with van der Waals surface area (Å²) in [6, 6.07) is 14.9. The molecule has 0 spiro atoms. The lowest BCUT2D eigenvalue weighted by Crippen LogP contribution is -2.32. The van der Waals surface area contributed by atoms with Gasteiger partial charge in [-0.1, -0.05) is 30.3 Å². The second-order valence-corrected chi connectivity index (χ2v) is 6.39. The van der Waals surface area contributed by atoms with E-state index in [4.69, 9.17) is 0 Å². The first-order valence-electron chi connectivity index (χ1n) is 8.39. The highest BCUT2D eigenvalue weighted by Crippen LogP contribution is 2.33. The summed E-state index contributed by atoms with van der Waals surface area (Å²) in [5.41, 5.74) is 3.47. The molecular formula is C19H22N2O. The summed E-state index contributed by atoms with van der Waals surface area (Å²) in [7, 11) is 0. The van der Waals surface area contributed by atoms with Gasteiger partial charge in [-0.3, -0.25) is 4.79 Å². The summed E-state index contributed by atoms with van der Waals surface area (Å²) in [6.07, 6.45) is 5.70. The average molecular weight is 294 g/mol. The van der Waals surface area contributed by atoms with E-state index in [0.29, 0.717) is 0 Å². The van der Waals surface area contributed by atoms with E-state index in [9.17, 15) is 4.79 Å². The first kappa shape index (κ1) is 13.6. The molecule has 3 heteroatoms. The van der Waals surface area contributed by atoms with Gasteiger partial charge in [-0.15, -0.1) is 0 Å². The van der Waals surface area contributed by atoms with E-state index in [1.165, 1.54) is 24.1 Å². The number of likely N-dealkylation sites (tertiary alicyclic amines) is 1. The van der Waals surface area contributed by atoms with Crippen LogP contribution in [0.25, 0.3) is 0 Å². The minimum atomic E-state index is 0.208. The molecule has 0 bridgehead atoms. The number of amides is 1. The summed E-state index contributed by atoms with van der Waals surface area (Å²) >= 11 is 0. The summed E-state index contributed by atoms with van der Waals surface area (Å²) in [5, 5.41) is 0. The number of benzene rings is 1. The third kappa shape index (κ3) is 2.25. The maximum atomic E-state index is 13.1. The van der Waals surface area contributed by atoms with Gasteiger partial charge in [-0.05, 0) is 49.8 Å². The smallest absolute Gasteiger partial charge is 0.270 e. The fourth-order valence-corrected chi connectivity index (χ4v) is 3.93. The molecule has 1 aromatic carbocycles. The number of aromatic nitrogens is 1. The van der Waals surface area contributed by atoms with Crippen LogP contribution < -0.4 is 0 Å². The molecule has 2 aromatic rings. The Labute approximate surface area is 131 Å². The van der Waals surface area contributed by atoms with Gasteiger partial charge in [0.1, 0.15) is 5.69 Å². The molecule has 0 saturated carbocycles. The molecule has 0 aliphatic carbocycles. The van der Waals surface area contributed by atoms with Crippen molar-refractivity contribution in [3.8, 4) is 0 Å². The Hall–Kier alpha value is -2.03. The van der Waals surface area contributed by atoms with E-state index in [1.807, 2.05) is 12.1 Å². The van der Waals surface area contributed by atoms with Gasteiger partial charge in [-0.2, -0.15) is 0 Å². The molecule has 1 saturated heterocycles. The predicted octanol–water partition coefficient (Wildman–Crippen LogP) is 3.80. The van der Waals surface area contributed by atoms with Crippen LogP contribution in [0.15, 0.2) is 42.5 Å². The van der Waals surface area contributed by atoms with E-state index in [2.05, 4.69) is 39.8 Å². The first-order chi connectivity index (χ1) is 10.8. The Balaban J connectivity index is 1.63. The Morgan fingerprint density at radius 3 is 2.68 bits per heavy atom. The summed E-state index contributed by atoms with van der Waals surface area (Å²) < 4.78 is 2.24. The van der Waals surface area contributed by atoms with Gasteiger partial charge in [-0.25, -0.2) is 0 Å². The molecule has 3 heterocycles. The molecule has 0 radical (unpaired) electrons. The van der Waals surface area contributed by atoms with Crippen molar-refractivity contribution in [3.05, 3.63) is 59.4 Å². The van der Waals surface area contributed by atoms with Gasteiger partial charge >= 0.3 is 0 Å². The van der Waals surface area contributed by atoms with Crippen molar-refractivity contribution in [3.63, 3.8) is 0 Å². The van der Waals surface area contributed by atoms with Crippen molar-refractivity contribution in [2.24, 2.45) is 0 Å². The number of fused-ring (bicyclic) bond motifs is 1. The second kappa shape index (κ2) is 5.64. The fourth-order valence-electron chi connectivity index (χ4n) is 3.93. The molecule has 0 N–H and O–H groups in total. The van der Waals surface area contributed by atoms with E-state index in [0.717, 1.165) is 38.0 Å². The van der Waals surface area contributed by atoms with Gasteiger partial charge in [0.15, 0.2) is 0 Å². The highest BCUT2D eigenvalue weighted by atomic mass is 16.2. The van der Waals surface area contributed by atoms with Crippen LogP contribution in [0.1, 0.15) is 53.5 Å². The van der Waals surface area contributed by atoms with Crippen LogP contribution >= 0.6 is 0 Å². The maximum Gasteiger partial charge on any atom is 0.270 e. The molecule has 3 nitrogen and oxygen atoms in total. The molecular weight excluding hydrogens is 272 g/mol. The van der Waals surface area contributed by atoms with Crippen molar-refractivity contribution in [1.82, 2.24) is 9.47 Å². The van der Waals surface area contributed by atoms with Gasteiger partial charge in [0.05, 0.1) is 6.04 Å². The molecule has 1 aromatic heterocycles. The molecule has 1 atom stereocenters. The van der Waals surface area contributed by atoms with Crippen LogP contribution in [0.5, 0.6) is 0 Å². The molecule has 1 amide bonds. The molecule has 22 heavy (non-hydrogen) atoms. The van der Waals surface area contributed by atoms with Gasteiger partial charge in [0, 0.05) is 18.8 Å². The van der Waals surface area contributed by atoms with E-state index in [-0.39, 0.29) is 11.9 Å². The zero-order valence-electron chi connectivity index (χ0n) is 12.9. The molecule has 114 valence electrons. The topological polar surface area (TPSA) is 25.2 Å². The summed E-state index contributed by atoms with van der Waals surface area (Å²) in [4.78, 5) is 15.1. The molecule has 1 unspecified atom stereocenters. The third-order valence-corrected chi connectivity index (χ3v) is 5.05. The van der Waals surface area contributed by atoms with Crippen molar-refractivity contribution in [2.75, 3.05) is 6.54 Å². The lowest BCUT2D eigenvalue weighted by atomic mass is 10.0. The number of rotatable bonds is 2. The highest BCUT2D eigenvalue weighted by molar-refractivity contribution is 5.93. The standard InChI is InChI=1S/C19H22N2O/c22-19(18-12-11-16-9-4-5-13-20(16)18)21-14-6-10-17(21)15-7-2-1-3-8-15/h1-3,7-8,11-12,17H,4-6,9-10,13-14H2. The minimum absolute atomic E-state index is 0.208. The summed E-state index contributed by atoms with van der Waals surface area (Å²) in [6.45, 7) is 1.87. The molecule has 4 rings (SSSR count). The first-order valence-corrected chi connectivity index (χ1v) is 8.39. The normalized spacial score (nSPS) is 20.9. The Morgan fingerprint density at radius 2 is 1.82 bits per heavy atom. The fraction of sp³-hybridized carbons (Fsp3) is 0.421. The zero-order chi connectivity index (χ0) is 14.9. The van der Waals surface area contributed by atoms with Crippen LogP contribution in [0.4, 0.5) is 0 Å². The lowest BCUT2D eigenvalue weighted by Gasteiger charge is -2.26. The van der Waals surface area contributed by atoms with E-state index >= 15 is 0 Å². The third-order valence-electron chi connectivity index (χ3n) is 5.05. The van der Waals surface area contributed by atoms with Crippen LogP contribution in [0, 0.1) is 0 Å². The maximum absolute atomic E-state index is 13.1. The molecule has 2 aliphatic rings. The van der Waals surface area contributed by atoms with Gasteiger partial charge in [0.25, 0.3) is 5.91 Å². The predicted molar refractivity (Wildman–Crippen MR) is 86.8 cm³/mol. The van der Waals surface area contributed by atoms with Crippen molar-refractivity contribution in [1.29, 1.82) is 0 Å². The van der Waals surface area contributed by atoms with Crippen LogP contribution in [-0.4, -0.2) is 21.9 Å². The molecule has 2 aliphatic heterocycles. The van der Waals surface area contributed by atoms with Crippen LogP contribution in [0.2, 0.25) is 0 Å². The number of hydrogen-bond acceptors (Lipinski definition) is 1. The number of nitrogens with zero attached hydrogens (tertiary/aromatic N) is 2. The van der Waals surface area contributed by atoms with Crippen LogP contribution in [-0.2, 0) is 13.0 Å². The average Bonchev–Trinajstić information content (AvgIpc) is 3.22. The van der Waals surface area contributed by atoms with Crippen molar-refractivity contribution < 1.29 is 4.79 Å². The highest BCUT2D eigenvalue weighted by Gasteiger charge is 2.32. The Morgan fingerprint density at radius 1 is 0.955 bits per heavy atom. The molecule has 1 fully saturated rings. The van der Waals surface area contributed by atoms with Crippen molar-refractivity contribution in [2.45, 2.75) is 44.7 Å². The zero-order valence-corrected chi connectivity index (χ0v) is 12.9. The van der Waals surface area contributed by atoms with Gasteiger partial charge in [0.2, 0.25) is 0 Å². The van der Waals surface area contributed by atoms with Gasteiger partial charge < -0.3 is 9.47 Å². The number of aryl methyl sites for hydroxylation is 1. The van der Waals surface area contributed by atoms with E-state index < -0.39 is 0 Å². The summed E-state index contributed by atoms with van der Waals surface area (Å²) in [5.74, 6) is 0.208. The quantitative estimate of drug-likeness (QED) is 0.827. The number of carbonyl (C=O) groups excluding carboxylic acids is 1. The minimum Gasteiger partial charge on any atom is -0.341 e. The Bertz CT molecular complexity index is 674. The number of hydrogen-bond donors (Lipinski definition) is 0. The largest absolute Gasteiger partial charge is 0.341 e. The lowest BCUT2D eigenvalue weighted by molar-refractivity contribution is 0.0723. The second-order valence-electron chi connectivity index (χ2n) is 6.39.